The van der Waals surface area contributed by atoms with Crippen LogP contribution in [-0.2, 0) is 12.4 Å². The van der Waals surface area contributed by atoms with Gasteiger partial charge in [-0.25, -0.2) is 4.98 Å². The third kappa shape index (κ3) is 5.04. The van der Waals surface area contributed by atoms with Gasteiger partial charge in [0, 0.05) is 0 Å². The van der Waals surface area contributed by atoms with Crippen LogP contribution in [0.1, 0.15) is 39.5 Å². The number of nitrogens with one attached hydrogen (secondary N) is 1. The molecule has 3 aromatic rings. The monoisotopic (exact) mass is 474 g/mol. The molecule has 1 aromatic heterocycles. The lowest BCUT2D eigenvalue weighted by Crippen LogP contribution is -2.28. The number of halogens is 6. The van der Waals surface area contributed by atoms with Gasteiger partial charge in [-0.05, 0) is 36.8 Å². The Morgan fingerprint density at radius 2 is 1.72 bits per heavy atom. The molecule has 1 amide bonds. The van der Waals surface area contributed by atoms with Crippen LogP contribution in [0.15, 0.2) is 48.5 Å². The number of carbonyl (C=O) groups is 1. The molecule has 0 spiro atoms. The summed E-state index contributed by atoms with van der Waals surface area (Å²) in [6, 6.07) is 9.48. The van der Waals surface area contributed by atoms with E-state index in [1.807, 2.05) is 0 Å². The highest BCUT2D eigenvalue weighted by atomic mass is 32.1. The van der Waals surface area contributed by atoms with Crippen LogP contribution in [0.3, 0.4) is 0 Å². The topological polar surface area (TPSA) is 51.2 Å². The Morgan fingerprint density at radius 1 is 1.03 bits per heavy atom. The number of thiazole rings is 1. The van der Waals surface area contributed by atoms with Crippen LogP contribution in [0.2, 0.25) is 0 Å². The molecule has 1 atom stereocenters. The van der Waals surface area contributed by atoms with Crippen molar-refractivity contribution >= 4 is 17.2 Å². The first-order valence-corrected chi connectivity index (χ1v) is 9.93. The summed E-state index contributed by atoms with van der Waals surface area (Å²) in [5.41, 5.74) is -1.94. The van der Waals surface area contributed by atoms with Crippen molar-refractivity contribution in [3.8, 4) is 16.3 Å². The Morgan fingerprint density at radius 3 is 2.34 bits per heavy atom. The molecular weight excluding hydrogens is 458 g/mol. The van der Waals surface area contributed by atoms with Crippen LogP contribution in [0.4, 0.5) is 26.3 Å². The van der Waals surface area contributed by atoms with Crippen LogP contribution in [0, 0.1) is 0 Å². The van der Waals surface area contributed by atoms with Crippen molar-refractivity contribution in [2.45, 2.75) is 25.3 Å². The molecule has 0 radical (unpaired) electrons. The first kappa shape index (κ1) is 23.6. The van der Waals surface area contributed by atoms with E-state index < -0.39 is 40.4 Å². The zero-order chi connectivity index (χ0) is 23.7. The average molecular weight is 474 g/mol. The van der Waals surface area contributed by atoms with Gasteiger partial charge >= 0.3 is 12.4 Å². The molecular formula is C21H16F6N2O2S. The predicted molar refractivity (Wildman–Crippen MR) is 106 cm³/mol. The lowest BCUT2D eigenvalue weighted by Gasteiger charge is -2.16. The molecule has 32 heavy (non-hydrogen) atoms. The highest BCUT2D eigenvalue weighted by Gasteiger charge is 2.40. The third-order valence-electron chi connectivity index (χ3n) is 4.50. The molecule has 3 rings (SSSR count). The number of carbonyl (C=O) groups excluding carboxylic acids is 1. The lowest BCUT2D eigenvalue weighted by molar-refractivity contribution is -0.141. The van der Waals surface area contributed by atoms with Crippen LogP contribution >= 0.6 is 11.3 Å². The van der Waals surface area contributed by atoms with Gasteiger partial charge in [0.1, 0.15) is 15.6 Å². The summed E-state index contributed by atoms with van der Waals surface area (Å²) in [5, 5.41) is 2.25. The minimum absolute atomic E-state index is 0.0772. The summed E-state index contributed by atoms with van der Waals surface area (Å²) in [7, 11) is 1.35. The lowest BCUT2D eigenvalue weighted by atomic mass is 10.0. The molecule has 1 heterocycles. The zero-order valence-corrected chi connectivity index (χ0v) is 17.5. The molecule has 1 unspecified atom stereocenters. The Kier molecular flexibility index (Phi) is 6.49. The maximum absolute atomic E-state index is 13.6. The van der Waals surface area contributed by atoms with E-state index in [0.29, 0.717) is 11.3 Å². The largest absolute Gasteiger partial charge is 0.496 e. The van der Waals surface area contributed by atoms with Crippen molar-refractivity contribution in [1.29, 1.82) is 0 Å². The molecule has 0 saturated heterocycles. The first-order valence-electron chi connectivity index (χ1n) is 9.11. The number of aromatic nitrogens is 1. The molecule has 170 valence electrons. The Labute approximate surface area is 182 Å². The van der Waals surface area contributed by atoms with Crippen molar-refractivity contribution in [2.75, 3.05) is 7.11 Å². The van der Waals surface area contributed by atoms with Crippen LogP contribution in [0.5, 0.6) is 5.75 Å². The van der Waals surface area contributed by atoms with Gasteiger partial charge in [-0.15, -0.1) is 11.3 Å². The van der Waals surface area contributed by atoms with Gasteiger partial charge in [0.25, 0.3) is 5.91 Å². The molecule has 0 fully saturated rings. The Bertz CT molecular complexity index is 1120. The summed E-state index contributed by atoms with van der Waals surface area (Å²) in [5.74, 6) is -0.819. The Hall–Kier alpha value is -3.08. The van der Waals surface area contributed by atoms with Gasteiger partial charge in [0.05, 0.1) is 24.3 Å². The number of benzene rings is 2. The third-order valence-corrected chi connectivity index (χ3v) is 5.59. The van der Waals surface area contributed by atoms with Gasteiger partial charge in [-0.1, -0.05) is 24.3 Å². The second-order valence-electron chi connectivity index (χ2n) is 6.71. The van der Waals surface area contributed by atoms with Crippen molar-refractivity contribution in [1.82, 2.24) is 10.3 Å². The second-order valence-corrected chi connectivity index (χ2v) is 7.71. The number of nitrogens with zero attached hydrogens (tertiary/aromatic N) is 1. The molecule has 1 N–H and O–H groups in total. The van der Waals surface area contributed by atoms with Crippen LogP contribution in [0.25, 0.3) is 10.6 Å². The highest BCUT2D eigenvalue weighted by Crippen LogP contribution is 2.40. The van der Waals surface area contributed by atoms with E-state index in [4.69, 9.17) is 4.74 Å². The van der Waals surface area contributed by atoms with Crippen molar-refractivity contribution in [3.05, 3.63) is 70.2 Å². The molecule has 0 aliphatic carbocycles. The molecule has 11 heteroatoms. The normalized spacial score (nSPS) is 13.0. The average Bonchev–Trinajstić information content (AvgIpc) is 3.19. The maximum atomic E-state index is 13.6. The van der Waals surface area contributed by atoms with E-state index >= 15 is 0 Å². The summed E-state index contributed by atoms with van der Waals surface area (Å²) in [6.07, 6.45) is -9.51. The zero-order valence-electron chi connectivity index (χ0n) is 16.6. The van der Waals surface area contributed by atoms with E-state index in [1.165, 1.54) is 26.2 Å². The minimum Gasteiger partial charge on any atom is -0.496 e. The molecule has 0 saturated carbocycles. The van der Waals surface area contributed by atoms with E-state index in [0.717, 1.165) is 18.2 Å². The molecule has 4 nitrogen and oxygen atoms in total. The molecule has 0 aliphatic heterocycles. The smallest absolute Gasteiger partial charge is 0.435 e. The molecule has 0 aliphatic rings. The number of hydrogen-bond acceptors (Lipinski definition) is 4. The van der Waals surface area contributed by atoms with Crippen LogP contribution < -0.4 is 10.1 Å². The first-order chi connectivity index (χ1) is 14.9. The van der Waals surface area contributed by atoms with Gasteiger partial charge in [-0.2, -0.15) is 26.3 Å². The highest BCUT2D eigenvalue weighted by molar-refractivity contribution is 7.17. The van der Waals surface area contributed by atoms with Crippen molar-refractivity contribution in [2.24, 2.45) is 0 Å². The number of ether oxygens (including phenoxy) is 1. The maximum Gasteiger partial charge on any atom is 0.435 e. The van der Waals surface area contributed by atoms with Gasteiger partial charge < -0.3 is 10.1 Å². The van der Waals surface area contributed by atoms with E-state index in [1.54, 1.807) is 18.2 Å². The number of methoxy groups -OCH3 is 1. The second kappa shape index (κ2) is 8.81. The van der Waals surface area contributed by atoms with Crippen molar-refractivity contribution < 1.29 is 35.9 Å². The Balaban J connectivity index is 1.95. The van der Waals surface area contributed by atoms with Gasteiger partial charge in [-0.3, -0.25) is 4.79 Å². The van der Waals surface area contributed by atoms with Gasteiger partial charge in [0.15, 0.2) is 5.69 Å². The number of amides is 1. The number of rotatable bonds is 5. The summed E-state index contributed by atoms with van der Waals surface area (Å²) in [6.45, 7) is 1.38. The molecule has 0 bridgehead atoms. The summed E-state index contributed by atoms with van der Waals surface area (Å²) >= 11 is 0.519. The summed E-state index contributed by atoms with van der Waals surface area (Å²) < 4.78 is 84.7. The predicted octanol–water partition coefficient (Wildman–Crippen LogP) is 6.35. The standard InChI is InChI=1S/C21H16F6N2O2S/c1-11(12-6-5-7-13(10-12)20(22,23)24)28-18(30)16-17(21(25,26)27)29-19(32-16)14-8-3-4-9-15(14)31-2/h3-11H,1-2H3,(H,28,30). The van der Waals surface area contributed by atoms with E-state index in [9.17, 15) is 31.1 Å². The minimum atomic E-state index is -4.91. The SMILES string of the molecule is COc1ccccc1-c1nc(C(F)(F)F)c(C(=O)NC(C)c2cccc(C(F)(F)F)c2)s1. The quantitative estimate of drug-likeness (QED) is 0.439. The van der Waals surface area contributed by atoms with E-state index in [-0.39, 0.29) is 21.9 Å². The number of alkyl halides is 6. The number of hydrogen-bond donors (Lipinski definition) is 1. The fourth-order valence-corrected chi connectivity index (χ4v) is 3.95. The molecule has 2 aromatic carbocycles. The fraction of sp³-hybridized carbons (Fsp3) is 0.238. The summed E-state index contributed by atoms with van der Waals surface area (Å²) in [4.78, 5) is 15.6. The fourth-order valence-electron chi connectivity index (χ4n) is 2.93. The van der Waals surface area contributed by atoms with E-state index in [2.05, 4.69) is 10.3 Å². The van der Waals surface area contributed by atoms with Crippen LogP contribution in [-0.4, -0.2) is 18.0 Å². The van der Waals surface area contributed by atoms with Crippen molar-refractivity contribution in [3.63, 3.8) is 0 Å². The number of para-hydroxylation sites is 1. The van der Waals surface area contributed by atoms with Gasteiger partial charge in [0.2, 0.25) is 0 Å².